The number of carbonyl (C=O) groups excluding carboxylic acids is 1. The third-order valence-electron chi connectivity index (χ3n) is 5.02. The number of hydrogen-bond acceptors (Lipinski definition) is 4. The van der Waals surface area contributed by atoms with Gasteiger partial charge < -0.3 is 0 Å². The minimum absolute atomic E-state index is 0.0104. The van der Waals surface area contributed by atoms with Crippen LogP contribution in [-0.4, -0.2) is 27.6 Å². The van der Waals surface area contributed by atoms with Crippen molar-refractivity contribution in [2.24, 2.45) is 5.92 Å². The fraction of sp³-hybridized carbons (Fsp3) is 0.238. The van der Waals surface area contributed by atoms with E-state index in [0.717, 1.165) is 29.7 Å². The number of nitriles is 1. The molecule has 0 radical (unpaired) electrons. The number of carbonyl (C=O) groups is 1. The maximum Gasteiger partial charge on any atom is 0.231 e. The number of anilines is 1. The number of halogens is 1. The van der Waals surface area contributed by atoms with Crippen molar-refractivity contribution in [3.8, 4) is 17.3 Å². The molecule has 28 heavy (non-hydrogen) atoms. The highest BCUT2D eigenvalue weighted by molar-refractivity contribution is 5.95. The molecule has 7 heteroatoms. The van der Waals surface area contributed by atoms with Gasteiger partial charge >= 0.3 is 0 Å². The quantitative estimate of drug-likeness (QED) is 0.757. The van der Waals surface area contributed by atoms with Crippen molar-refractivity contribution in [2.75, 3.05) is 11.4 Å². The molecule has 1 atom stereocenters. The Labute approximate surface area is 161 Å². The Morgan fingerprint density at radius 2 is 2.07 bits per heavy atom. The van der Waals surface area contributed by atoms with E-state index in [1.807, 2.05) is 24.3 Å². The molecule has 1 fully saturated rings. The topological polar surface area (TPSA) is 85.7 Å². The van der Waals surface area contributed by atoms with Gasteiger partial charge in [-0.05, 0) is 49.1 Å². The molecule has 4 rings (SSSR count). The number of nitrogens with one attached hydrogen (secondary N) is 1. The molecule has 1 aliphatic heterocycles. The molecular weight excluding hydrogens is 357 g/mol. The molecule has 0 spiro atoms. The van der Waals surface area contributed by atoms with E-state index in [1.165, 1.54) is 12.1 Å². The first-order valence-electron chi connectivity index (χ1n) is 9.11. The number of aromatic amines is 1. The predicted molar refractivity (Wildman–Crippen MR) is 102 cm³/mol. The summed E-state index contributed by atoms with van der Waals surface area (Å²) < 4.78 is 13.9. The maximum atomic E-state index is 13.9. The van der Waals surface area contributed by atoms with E-state index < -0.39 is 5.82 Å². The average Bonchev–Trinajstić information content (AvgIpc) is 3.20. The van der Waals surface area contributed by atoms with Crippen LogP contribution in [0.2, 0.25) is 0 Å². The first-order valence-corrected chi connectivity index (χ1v) is 9.11. The van der Waals surface area contributed by atoms with Gasteiger partial charge in [0.2, 0.25) is 5.91 Å². The van der Waals surface area contributed by atoms with Gasteiger partial charge in [0.25, 0.3) is 0 Å². The molecule has 2 aromatic heterocycles. The molecule has 1 N–H and O–H groups in total. The molecule has 3 heterocycles. The van der Waals surface area contributed by atoms with Crippen molar-refractivity contribution >= 4 is 11.7 Å². The Kier molecular flexibility index (Phi) is 4.85. The molecule has 6 nitrogen and oxygen atoms in total. The van der Waals surface area contributed by atoms with Crippen molar-refractivity contribution in [1.29, 1.82) is 5.26 Å². The molecule has 1 amide bonds. The Morgan fingerprint density at radius 1 is 1.25 bits per heavy atom. The van der Waals surface area contributed by atoms with Gasteiger partial charge in [-0.15, -0.1) is 0 Å². The van der Waals surface area contributed by atoms with E-state index in [1.54, 1.807) is 23.4 Å². The lowest BCUT2D eigenvalue weighted by molar-refractivity contribution is -0.123. The van der Waals surface area contributed by atoms with E-state index in [4.69, 9.17) is 5.26 Å². The Morgan fingerprint density at radius 3 is 2.82 bits per heavy atom. The third kappa shape index (κ3) is 3.49. The molecular formula is C21H18FN5O. The highest BCUT2D eigenvalue weighted by Crippen LogP contribution is 2.28. The lowest BCUT2D eigenvalue weighted by Gasteiger charge is -2.30. The minimum atomic E-state index is -0.547. The van der Waals surface area contributed by atoms with E-state index >= 15 is 0 Å². The number of aromatic nitrogens is 3. The van der Waals surface area contributed by atoms with Crippen LogP contribution in [0.5, 0.6) is 0 Å². The number of benzene rings is 1. The molecule has 0 aliphatic carbocycles. The summed E-state index contributed by atoms with van der Waals surface area (Å²) in [6.45, 7) is 0.609. The van der Waals surface area contributed by atoms with Crippen molar-refractivity contribution in [2.45, 2.75) is 19.3 Å². The third-order valence-corrected chi connectivity index (χ3v) is 5.02. The van der Waals surface area contributed by atoms with Crippen LogP contribution in [0.15, 0.2) is 48.8 Å². The van der Waals surface area contributed by atoms with E-state index in [0.29, 0.717) is 18.8 Å². The van der Waals surface area contributed by atoms with Crippen LogP contribution in [0.1, 0.15) is 24.0 Å². The summed E-state index contributed by atoms with van der Waals surface area (Å²) in [5, 5.41) is 16.1. The smallest absolute Gasteiger partial charge is 0.231 e. The van der Waals surface area contributed by atoms with Crippen LogP contribution in [0.3, 0.4) is 0 Å². The van der Waals surface area contributed by atoms with Crippen molar-refractivity contribution < 1.29 is 9.18 Å². The number of amides is 1. The van der Waals surface area contributed by atoms with Gasteiger partial charge in [0.05, 0.1) is 11.3 Å². The second-order valence-corrected chi connectivity index (χ2v) is 6.83. The van der Waals surface area contributed by atoms with Gasteiger partial charge in [-0.2, -0.15) is 10.4 Å². The van der Waals surface area contributed by atoms with E-state index in [2.05, 4.69) is 15.2 Å². The molecule has 140 valence electrons. The number of pyridine rings is 1. The zero-order valence-corrected chi connectivity index (χ0v) is 15.1. The first-order chi connectivity index (χ1) is 13.7. The summed E-state index contributed by atoms with van der Waals surface area (Å²) in [6, 6.07) is 11.9. The van der Waals surface area contributed by atoms with Gasteiger partial charge in [0, 0.05) is 36.5 Å². The normalized spacial score (nSPS) is 16.8. The monoisotopic (exact) mass is 375 g/mol. The number of hydrogen-bond donors (Lipinski definition) is 1. The van der Waals surface area contributed by atoms with Crippen molar-refractivity contribution in [3.63, 3.8) is 0 Å². The summed E-state index contributed by atoms with van der Waals surface area (Å²) in [6.07, 6.45) is 5.45. The zero-order chi connectivity index (χ0) is 19.5. The van der Waals surface area contributed by atoms with E-state index in [9.17, 15) is 9.18 Å². The SMILES string of the molecule is N#Cc1ccc(CC2CCCN(c3cc(-c4ccncc4)[nH]n3)C2=O)cc1F. The van der Waals surface area contributed by atoms with Crippen molar-refractivity contribution in [1.82, 2.24) is 15.2 Å². The lowest BCUT2D eigenvalue weighted by atomic mass is 9.90. The van der Waals surface area contributed by atoms with Gasteiger partial charge in [-0.3, -0.25) is 19.8 Å². The molecule has 0 saturated carbocycles. The van der Waals surface area contributed by atoms with Gasteiger partial charge in [0.1, 0.15) is 11.9 Å². The Balaban J connectivity index is 1.51. The minimum Gasteiger partial charge on any atom is -0.295 e. The average molecular weight is 375 g/mol. The number of rotatable bonds is 4. The molecule has 3 aromatic rings. The van der Waals surface area contributed by atoms with Crippen LogP contribution in [0.4, 0.5) is 10.2 Å². The Hall–Kier alpha value is -3.53. The summed E-state index contributed by atoms with van der Waals surface area (Å²) in [4.78, 5) is 18.7. The molecule has 1 saturated heterocycles. The summed E-state index contributed by atoms with van der Waals surface area (Å²) in [5.74, 6) is -0.201. The summed E-state index contributed by atoms with van der Waals surface area (Å²) in [7, 11) is 0. The predicted octanol–water partition coefficient (Wildman–Crippen LogP) is 3.47. The van der Waals surface area contributed by atoms with Crippen LogP contribution in [-0.2, 0) is 11.2 Å². The number of H-pyrrole nitrogens is 1. The molecule has 1 aromatic carbocycles. The standard InChI is InChI=1S/C21H18FN5O/c22-18-11-14(3-4-17(18)13-23)10-16-2-1-9-27(21(16)28)20-12-19(25-26-20)15-5-7-24-8-6-15/h3-8,11-12,16H,1-2,9-10H2,(H,25,26). The largest absolute Gasteiger partial charge is 0.295 e. The van der Waals surface area contributed by atoms with E-state index in [-0.39, 0.29) is 17.4 Å². The highest BCUT2D eigenvalue weighted by atomic mass is 19.1. The van der Waals surface area contributed by atoms with Gasteiger partial charge in [-0.1, -0.05) is 6.07 Å². The Bertz CT molecular complexity index is 1040. The highest BCUT2D eigenvalue weighted by Gasteiger charge is 2.31. The van der Waals surface area contributed by atoms with Crippen molar-refractivity contribution in [3.05, 3.63) is 65.7 Å². The van der Waals surface area contributed by atoms with Gasteiger partial charge in [0.15, 0.2) is 5.82 Å². The first kappa shape index (κ1) is 17.9. The second kappa shape index (κ2) is 7.61. The second-order valence-electron chi connectivity index (χ2n) is 6.83. The number of piperidine rings is 1. The maximum absolute atomic E-state index is 13.9. The molecule has 0 bridgehead atoms. The fourth-order valence-electron chi connectivity index (χ4n) is 3.56. The zero-order valence-electron chi connectivity index (χ0n) is 15.1. The van der Waals surface area contributed by atoms with Gasteiger partial charge in [-0.25, -0.2) is 4.39 Å². The lowest BCUT2D eigenvalue weighted by Crippen LogP contribution is -2.42. The number of nitrogens with zero attached hydrogens (tertiary/aromatic N) is 4. The van der Waals surface area contributed by atoms with Crippen LogP contribution >= 0.6 is 0 Å². The van der Waals surface area contributed by atoms with Crippen LogP contribution in [0.25, 0.3) is 11.3 Å². The molecule has 1 unspecified atom stereocenters. The van der Waals surface area contributed by atoms with Crippen LogP contribution < -0.4 is 4.90 Å². The van der Waals surface area contributed by atoms with Crippen LogP contribution in [0, 0.1) is 23.1 Å². The fourth-order valence-corrected chi connectivity index (χ4v) is 3.56. The summed E-state index contributed by atoms with van der Waals surface area (Å²) >= 11 is 0. The molecule has 1 aliphatic rings. The summed E-state index contributed by atoms with van der Waals surface area (Å²) in [5.41, 5.74) is 2.50.